The van der Waals surface area contributed by atoms with Crippen molar-refractivity contribution in [3.8, 4) is 5.75 Å². The van der Waals surface area contributed by atoms with Gasteiger partial charge in [-0.15, -0.1) is 0 Å². The lowest BCUT2D eigenvalue weighted by molar-refractivity contribution is -0.140. The van der Waals surface area contributed by atoms with Gasteiger partial charge in [-0.1, -0.05) is 38.3 Å². The fourth-order valence-corrected chi connectivity index (χ4v) is 2.52. The third-order valence-corrected chi connectivity index (χ3v) is 4.14. The highest BCUT2D eigenvalue weighted by atomic mass is 35.5. The van der Waals surface area contributed by atoms with Crippen LogP contribution >= 0.6 is 11.6 Å². The zero-order valence-electron chi connectivity index (χ0n) is 15.7. The average Bonchev–Trinajstić information content (AvgIpc) is 2.60. The van der Waals surface area contributed by atoms with Crippen LogP contribution in [0, 0.1) is 0 Å². The summed E-state index contributed by atoms with van der Waals surface area (Å²) in [6, 6.07) is 5.19. The highest BCUT2D eigenvalue weighted by Gasteiger charge is 2.33. The van der Waals surface area contributed by atoms with Crippen LogP contribution in [0.2, 0.25) is 5.02 Å². The van der Waals surface area contributed by atoms with Gasteiger partial charge in [0.2, 0.25) is 0 Å². The molecule has 1 aromatic rings. The van der Waals surface area contributed by atoms with Gasteiger partial charge in [-0.25, -0.2) is 0 Å². The molecule has 0 bridgehead atoms. The second-order valence-corrected chi connectivity index (χ2v) is 6.53. The van der Waals surface area contributed by atoms with Gasteiger partial charge in [0.1, 0.15) is 18.0 Å². The lowest BCUT2D eigenvalue weighted by Gasteiger charge is -2.28. The van der Waals surface area contributed by atoms with Crippen LogP contribution in [0.3, 0.4) is 0 Å². The third kappa shape index (κ3) is 7.22. The molecule has 0 fully saturated rings. The highest BCUT2D eigenvalue weighted by Crippen LogP contribution is 2.29. The highest BCUT2D eigenvalue weighted by molar-refractivity contribution is 6.32. The summed E-state index contributed by atoms with van der Waals surface area (Å²) in [6.45, 7) is 7.43. The summed E-state index contributed by atoms with van der Waals surface area (Å²) in [7, 11) is 1.61. The topological polar surface area (TPSA) is 56.8 Å². The molecule has 1 atom stereocenters. The molecule has 25 heavy (non-hydrogen) atoms. The van der Waals surface area contributed by atoms with Gasteiger partial charge in [0, 0.05) is 19.4 Å². The molecule has 0 spiro atoms. The molecule has 6 heteroatoms. The van der Waals surface area contributed by atoms with Crippen molar-refractivity contribution in [2.75, 3.05) is 32.2 Å². The summed E-state index contributed by atoms with van der Waals surface area (Å²) in [5.74, 6) is 0.409. The van der Waals surface area contributed by atoms with Crippen LogP contribution in [0.15, 0.2) is 18.2 Å². The van der Waals surface area contributed by atoms with Crippen molar-refractivity contribution in [3.05, 3.63) is 23.2 Å². The Bertz CT molecular complexity index is 528. The quantitative estimate of drug-likeness (QED) is 0.542. The number of nitrogens with one attached hydrogen (secondary N) is 1. The van der Waals surface area contributed by atoms with E-state index in [9.17, 15) is 4.79 Å². The first-order chi connectivity index (χ1) is 12.0. The maximum atomic E-state index is 12.7. The predicted octanol–water partition coefficient (Wildman–Crippen LogP) is 4.68. The van der Waals surface area contributed by atoms with Crippen molar-refractivity contribution >= 4 is 23.2 Å². The summed E-state index contributed by atoms with van der Waals surface area (Å²) < 4.78 is 16.3. The Labute approximate surface area is 156 Å². The first-order valence-electron chi connectivity index (χ1n) is 8.83. The summed E-state index contributed by atoms with van der Waals surface area (Å²) in [4.78, 5) is 12.7. The van der Waals surface area contributed by atoms with Gasteiger partial charge in [0.15, 0.2) is 0 Å². The van der Waals surface area contributed by atoms with E-state index in [4.69, 9.17) is 25.8 Å². The van der Waals surface area contributed by atoms with E-state index >= 15 is 0 Å². The molecule has 142 valence electrons. The number of methoxy groups -OCH3 is 1. The molecule has 0 radical (unpaired) electrons. The first kappa shape index (κ1) is 21.7. The third-order valence-electron chi connectivity index (χ3n) is 3.85. The average molecular weight is 372 g/mol. The Morgan fingerprint density at radius 3 is 2.56 bits per heavy atom. The number of amides is 1. The van der Waals surface area contributed by atoms with Crippen LogP contribution in [0.25, 0.3) is 0 Å². The van der Waals surface area contributed by atoms with Crippen LogP contribution in [0.1, 0.15) is 46.5 Å². The van der Waals surface area contributed by atoms with Crippen molar-refractivity contribution in [1.82, 2.24) is 0 Å². The minimum absolute atomic E-state index is 0.154. The maximum absolute atomic E-state index is 12.7. The Morgan fingerprint density at radius 1 is 1.20 bits per heavy atom. The fourth-order valence-electron chi connectivity index (χ4n) is 2.29. The Morgan fingerprint density at radius 2 is 1.96 bits per heavy atom. The number of ether oxygens (including phenoxy) is 3. The Kier molecular flexibility index (Phi) is 9.86. The SMILES string of the molecule is CCCC[C@](C)(OCCC)C(=O)Nc1ccc(OCCOC)c(Cl)c1. The van der Waals surface area contributed by atoms with Gasteiger partial charge in [0.25, 0.3) is 5.91 Å². The van der Waals surface area contributed by atoms with E-state index in [-0.39, 0.29) is 5.91 Å². The molecule has 0 aliphatic heterocycles. The zero-order valence-corrected chi connectivity index (χ0v) is 16.4. The van der Waals surface area contributed by atoms with Crippen LogP contribution in [0.4, 0.5) is 5.69 Å². The number of hydrogen-bond acceptors (Lipinski definition) is 4. The molecule has 0 heterocycles. The number of benzene rings is 1. The second-order valence-electron chi connectivity index (χ2n) is 6.12. The normalized spacial score (nSPS) is 13.3. The number of rotatable bonds is 12. The molecule has 1 aromatic carbocycles. The molecule has 0 aromatic heterocycles. The largest absolute Gasteiger partial charge is 0.490 e. The molecule has 0 aliphatic rings. The summed E-state index contributed by atoms with van der Waals surface area (Å²) in [5, 5.41) is 3.35. The molecule has 1 amide bonds. The fraction of sp³-hybridized carbons (Fsp3) is 0.632. The van der Waals surface area contributed by atoms with Crippen LogP contribution in [-0.2, 0) is 14.3 Å². The molecule has 0 unspecified atom stereocenters. The van der Waals surface area contributed by atoms with Gasteiger partial charge >= 0.3 is 0 Å². The van der Waals surface area contributed by atoms with Crippen molar-refractivity contribution in [2.45, 2.75) is 52.1 Å². The van der Waals surface area contributed by atoms with E-state index in [0.29, 0.717) is 42.7 Å². The van der Waals surface area contributed by atoms with Crippen molar-refractivity contribution in [3.63, 3.8) is 0 Å². The molecule has 1 rings (SSSR count). The second kappa shape index (κ2) is 11.3. The van der Waals surface area contributed by atoms with E-state index in [1.807, 2.05) is 13.8 Å². The van der Waals surface area contributed by atoms with E-state index in [2.05, 4.69) is 12.2 Å². The van der Waals surface area contributed by atoms with E-state index < -0.39 is 5.60 Å². The monoisotopic (exact) mass is 371 g/mol. The standard InChI is InChI=1S/C19H30ClNO4/c1-5-7-10-19(3,25-11-6-2)18(22)21-15-8-9-17(16(20)14-15)24-13-12-23-4/h8-9,14H,5-7,10-13H2,1-4H3,(H,21,22)/t19-/m0/s1. The van der Waals surface area contributed by atoms with E-state index in [1.165, 1.54) is 0 Å². The Hall–Kier alpha value is -1.30. The molecular weight excluding hydrogens is 342 g/mol. The maximum Gasteiger partial charge on any atom is 0.256 e. The molecule has 0 saturated carbocycles. The number of carbonyl (C=O) groups is 1. The number of halogens is 1. The number of unbranched alkanes of at least 4 members (excludes halogenated alkanes) is 1. The number of carbonyl (C=O) groups excluding carboxylic acids is 1. The number of anilines is 1. The Balaban J connectivity index is 2.76. The van der Waals surface area contributed by atoms with Crippen molar-refractivity contribution < 1.29 is 19.0 Å². The van der Waals surface area contributed by atoms with Gasteiger partial charge in [0.05, 0.1) is 11.6 Å². The lowest BCUT2D eigenvalue weighted by Crippen LogP contribution is -2.43. The van der Waals surface area contributed by atoms with Crippen LogP contribution in [0.5, 0.6) is 5.75 Å². The predicted molar refractivity (Wildman–Crippen MR) is 102 cm³/mol. The minimum atomic E-state index is -0.841. The molecule has 1 N–H and O–H groups in total. The first-order valence-corrected chi connectivity index (χ1v) is 9.21. The van der Waals surface area contributed by atoms with E-state index in [0.717, 1.165) is 19.3 Å². The summed E-state index contributed by atoms with van der Waals surface area (Å²) in [6.07, 6.45) is 3.49. The summed E-state index contributed by atoms with van der Waals surface area (Å²) in [5.41, 5.74) is -0.219. The van der Waals surface area contributed by atoms with Crippen molar-refractivity contribution in [1.29, 1.82) is 0 Å². The molecular formula is C19H30ClNO4. The molecule has 0 aliphatic carbocycles. The smallest absolute Gasteiger partial charge is 0.256 e. The van der Waals surface area contributed by atoms with Gasteiger partial charge < -0.3 is 19.5 Å². The zero-order chi connectivity index (χ0) is 18.7. The van der Waals surface area contributed by atoms with E-state index in [1.54, 1.807) is 25.3 Å². The van der Waals surface area contributed by atoms with Gasteiger partial charge in [-0.3, -0.25) is 4.79 Å². The summed E-state index contributed by atoms with van der Waals surface area (Å²) >= 11 is 6.22. The van der Waals surface area contributed by atoms with Crippen LogP contribution in [-0.4, -0.2) is 38.4 Å². The molecule has 5 nitrogen and oxygen atoms in total. The van der Waals surface area contributed by atoms with Gasteiger partial charge in [-0.2, -0.15) is 0 Å². The van der Waals surface area contributed by atoms with Crippen molar-refractivity contribution in [2.24, 2.45) is 0 Å². The minimum Gasteiger partial charge on any atom is -0.490 e. The number of hydrogen-bond donors (Lipinski definition) is 1. The van der Waals surface area contributed by atoms with Gasteiger partial charge in [-0.05, 0) is 38.0 Å². The molecule has 0 saturated heterocycles. The van der Waals surface area contributed by atoms with Crippen LogP contribution < -0.4 is 10.1 Å². The lowest BCUT2D eigenvalue weighted by atomic mass is 9.97.